The van der Waals surface area contributed by atoms with Gasteiger partial charge in [0.1, 0.15) is 16.1 Å². The molecule has 1 saturated heterocycles. The highest BCUT2D eigenvalue weighted by Gasteiger charge is 2.25. The van der Waals surface area contributed by atoms with Gasteiger partial charge in [-0.1, -0.05) is 27.3 Å². The first kappa shape index (κ1) is 16.3. The molecule has 1 aliphatic rings. The molecule has 0 atom stereocenters. The second-order valence-electron chi connectivity index (χ2n) is 5.76. The Bertz CT molecular complexity index is 904. The molecule has 128 valence electrons. The smallest absolute Gasteiger partial charge is 0.257 e. The van der Waals surface area contributed by atoms with Crippen LogP contribution in [0, 0.1) is 0 Å². The second kappa shape index (κ2) is 6.61. The number of hydrogen-bond acceptors (Lipinski definition) is 6. The zero-order valence-electron chi connectivity index (χ0n) is 13.2. The number of rotatable bonds is 2. The second-order valence-corrected chi connectivity index (χ2v) is 7.64. The van der Waals surface area contributed by atoms with Crippen molar-refractivity contribution in [3.8, 4) is 5.75 Å². The number of piperazine rings is 1. The van der Waals surface area contributed by atoms with Gasteiger partial charge in [-0.05, 0) is 30.3 Å². The summed E-state index contributed by atoms with van der Waals surface area (Å²) in [6.07, 6.45) is 1.77. The molecule has 1 aromatic carbocycles. The standard InChI is InChI=1S/C17H15BrN4O2S/c18-11-3-4-14(23)12(10-11)16(24)21-6-8-22(9-7-21)17-20-13-2-1-5-19-15(13)25-17/h1-5,10,23H,6-9H2. The molecule has 1 aliphatic heterocycles. The molecule has 8 heteroatoms. The summed E-state index contributed by atoms with van der Waals surface area (Å²) in [6.45, 7) is 2.60. The van der Waals surface area contributed by atoms with E-state index in [1.807, 2.05) is 12.1 Å². The summed E-state index contributed by atoms with van der Waals surface area (Å²) in [6, 6.07) is 8.74. The highest BCUT2D eigenvalue weighted by molar-refractivity contribution is 9.10. The third kappa shape index (κ3) is 3.19. The molecule has 6 nitrogen and oxygen atoms in total. The normalized spacial score (nSPS) is 14.9. The number of phenolic OH excluding ortho intramolecular Hbond substituents is 1. The minimum atomic E-state index is -0.149. The number of nitrogens with zero attached hydrogens (tertiary/aromatic N) is 4. The number of carbonyl (C=O) groups excluding carboxylic acids is 1. The number of halogens is 1. The van der Waals surface area contributed by atoms with E-state index in [2.05, 4.69) is 30.8 Å². The van der Waals surface area contributed by atoms with Crippen LogP contribution in [0.15, 0.2) is 41.0 Å². The molecule has 0 bridgehead atoms. The lowest BCUT2D eigenvalue weighted by Crippen LogP contribution is -2.48. The molecule has 1 amide bonds. The number of anilines is 1. The van der Waals surface area contributed by atoms with Gasteiger partial charge in [0.2, 0.25) is 0 Å². The van der Waals surface area contributed by atoms with Gasteiger partial charge >= 0.3 is 0 Å². The molecule has 0 spiro atoms. The van der Waals surface area contributed by atoms with Crippen molar-refractivity contribution in [2.24, 2.45) is 0 Å². The van der Waals surface area contributed by atoms with Crippen LogP contribution in [-0.4, -0.2) is 52.1 Å². The first-order valence-corrected chi connectivity index (χ1v) is 9.47. The third-order valence-corrected chi connectivity index (χ3v) is 5.71. The van der Waals surface area contributed by atoms with Gasteiger partial charge in [-0.15, -0.1) is 0 Å². The van der Waals surface area contributed by atoms with E-state index in [-0.39, 0.29) is 11.7 Å². The Labute approximate surface area is 156 Å². The maximum absolute atomic E-state index is 12.7. The van der Waals surface area contributed by atoms with Crippen LogP contribution in [0.25, 0.3) is 10.3 Å². The Hall–Kier alpha value is -2.19. The van der Waals surface area contributed by atoms with Gasteiger partial charge in [-0.2, -0.15) is 0 Å². The quantitative estimate of drug-likeness (QED) is 0.692. The summed E-state index contributed by atoms with van der Waals surface area (Å²) < 4.78 is 0.772. The largest absolute Gasteiger partial charge is 0.507 e. The van der Waals surface area contributed by atoms with Crippen molar-refractivity contribution < 1.29 is 9.90 Å². The fourth-order valence-corrected chi connectivity index (χ4v) is 4.17. The average Bonchev–Trinajstić information content (AvgIpc) is 3.07. The van der Waals surface area contributed by atoms with Crippen LogP contribution in [0.5, 0.6) is 5.75 Å². The number of pyridine rings is 1. The zero-order chi connectivity index (χ0) is 17.4. The summed E-state index contributed by atoms with van der Waals surface area (Å²) >= 11 is 4.91. The van der Waals surface area contributed by atoms with E-state index in [1.54, 1.807) is 34.6 Å². The van der Waals surface area contributed by atoms with E-state index < -0.39 is 0 Å². The van der Waals surface area contributed by atoms with E-state index in [1.165, 1.54) is 6.07 Å². The third-order valence-electron chi connectivity index (χ3n) is 4.18. The molecule has 3 aromatic rings. The maximum Gasteiger partial charge on any atom is 0.257 e. The van der Waals surface area contributed by atoms with Crippen LogP contribution in [0.3, 0.4) is 0 Å². The Kier molecular flexibility index (Phi) is 4.30. The molecule has 3 heterocycles. The van der Waals surface area contributed by atoms with Crippen LogP contribution in [0.2, 0.25) is 0 Å². The van der Waals surface area contributed by atoms with Crippen molar-refractivity contribution in [2.75, 3.05) is 31.1 Å². The van der Waals surface area contributed by atoms with Crippen LogP contribution in [0.4, 0.5) is 5.13 Å². The highest BCUT2D eigenvalue weighted by Crippen LogP contribution is 2.28. The van der Waals surface area contributed by atoms with Gasteiger partial charge < -0.3 is 14.9 Å². The fourth-order valence-electron chi connectivity index (χ4n) is 2.84. The van der Waals surface area contributed by atoms with Gasteiger partial charge in [-0.25, -0.2) is 9.97 Å². The van der Waals surface area contributed by atoms with E-state index in [0.29, 0.717) is 31.7 Å². The van der Waals surface area contributed by atoms with Crippen LogP contribution < -0.4 is 4.90 Å². The molecule has 0 aliphatic carbocycles. The number of amides is 1. The fraction of sp³-hybridized carbons (Fsp3) is 0.235. The number of phenols is 1. The lowest BCUT2D eigenvalue weighted by atomic mass is 10.1. The SMILES string of the molecule is O=C(c1cc(Br)ccc1O)N1CCN(c2nc3cccnc3s2)CC1. The number of thiazole rings is 1. The van der Waals surface area contributed by atoms with Gasteiger partial charge in [0.05, 0.1) is 5.56 Å². The Balaban J connectivity index is 1.47. The summed E-state index contributed by atoms with van der Waals surface area (Å²) in [7, 11) is 0. The average molecular weight is 419 g/mol. The summed E-state index contributed by atoms with van der Waals surface area (Å²) in [5.41, 5.74) is 1.23. The summed E-state index contributed by atoms with van der Waals surface area (Å²) in [4.78, 5) is 26.5. The number of fused-ring (bicyclic) bond motifs is 1. The number of aromatic nitrogens is 2. The summed E-state index contributed by atoms with van der Waals surface area (Å²) in [5.74, 6) is -0.141. The van der Waals surface area contributed by atoms with E-state index in [4.69, 9.17) is 0 Å². The molecule has 2 aromatic heterocycles. The van der Waals surface area contributed by atoms with Crippen molar-refractivity contribution in [3.63, 3.8) is 0 Å². The lowest BCUT2D eigenvalue weighted by Gasteiger charge is -2.34. The topological polar surface area (TPSA) is 69.6 Å². The molecule has 0 saturated carbocycles. The number of carbonyl (C=O) groups is 1. The molecular weight excluding hydrogens is 404 g/mol. The molecule has 0 unspecified atom stereocenters. The van der Waals surface area contributed by atoms with Crippen molar-refractivity contribution in [1.82, 2.24) is 14.9 Å². The Morgan fingerprint density at radius 3 is 2.76 bits per heavy atom. The van der Waals surface area contributed by atoms with Crippen LogP contribution in [0.1, 0.15) is 10.4 Å². The molecule has 0 radical (unpaired) electrons. The van der Waals surface area contributed by atoms with E-state index in [9.17, 15) is 9.90 Å². The van der Waals surface area contributed by atoms with E-state index >= 15 is 0 Å². The minimum Gasteiger partial charge on any atom is -0.507 e. The number of hydrogen-bond donors (Lipinski definition) is 1. The zero-order valence-corrected chi connectivity index (χ0v) is 15.6. The highest BCUT2D eigenvalue weighted by atomic mass is 79.9. The Morgan fingerprint density at radius 1 is 1.20 bits per heavy atom. The van der Waals surface area contributed by atoms with Crippen molar-refractivity contribution in [1.29, 1.82) is 0 Å². The van der Waals surface area contributed by atoms with Crippen molar-refractivity contribution in [2.45, 2.75) is 0 Å². The van der Waals surface area contributed by atoms with Gasteiger partial charge in [0.25, 0.3) is 5.91 Å². The molecular formula is C17H15BrN4O2S. The first-order chi connectivity index (χ1) is 12.1. The number of benzene rings is 1. The van der Waals surface area contributed by atoms with E-state index in [0.717, 1.165) is 20.0 Å². The molecule has 1 fully saturated rings. The predicted octanol–water partition coefficient (Wildman–Crippen LogP) is 3.12. The molecule has 25 heavy (non-hydrogen) atoms. The van der Waals surface area contributed by atoms with Crippen LogP contribution in [-0.2, 0) is 0 Å². The maximum atomic E-state index is 12.7. The van der Waals surface area contributed by atoms with Crippen molar-refractivity contribution >= 4 is 48.7 Å². The first-order valence-electron chi connectivity index (χ1n) is 7.86. The molecule has 1 N–H and O–H groups in total. The monoisotopic (exact) mass is 418 g/mol. The van der Waals surface area contributed by atoms with Crippen molar-refractivity contribution in [3.05, 3.63) is 46.6 Å². The lowest BCUT2D eigenvalue weighted by molar-refractivity contribution is 0.0743. The van der Waals surface area contributed by atoms with Gasteiger partial charge in [0.15, 0.2) is 5.13 Å². The predicted molar refractivity (Wildman–Crippen MR) is 101 cm³/mol. The Morgan fingerprint density at radius 2 is 2.00 bits per heavy atom. The van der Waals surface area contributed by atoms with Crippen LogP contribution >= 0.6 is 27.3 Å². The summed E-state index contributed by atoms with van der Waals surface area (Å²) in [5, 5.41) is 10.9. The van der Waals surface area contributed by atoms with Gasteiger partial charge in [0, 0.05) is 36.8 Å². The molecule has 4 rings (SSSR count). The number of aromatic hydroxyl groups is 1. The van der Waals surface area contributed by atoms with Gasteiger partial charge in [-0.3, -0.25) is 4.79 Å². The minimum absolute atomic E-state index is 0.00729.